The van der Waals surface area contributed by atoms with Gasteiger partial charge in [-0.2, -0.15) is 0 Å². The van der Waals surface area contributed by atoms with Crippen LogP contribution in [-0.4, -0.2) is 42.9 Å². The second-order valence-electron chi connectivity index (χ2n) is 7.60. The number of rotatable bonds is 3. The zero-order chi connectivity index (χ0) is 21.0. The summed E-state index contributed by atoms with van der Waals surface area (Å²) >= 11 is 0. The Balaban J connectivity index is 1.58. The number of nitrogens with one attached hydrogen (secondary N) is 2. The van der Waals surface area contributed by atoms with Gasteiger partial charge >= 0.3 is 0 Å². The SMILES string of the molecule is O=C1CC(c2ccccc2)NCCCCN(C(=O)/C=C\c2ccccc2)CCCN1. The summed E-state index contributed by atoms with van der Waals surface area (Å²) in [5.41, 5.74) is 2.14. The Morgan fingerprint density at radius 3 is 2.37 bits per heavy atom. The summed E-state index contributed by atoms with van der Waals surface area (Å²) in [5, 5.41) is 6.52. The van der Waals surface area contributed by atoms with Crippen LogP contribution in [0.4, 0.5) is 0 Å². The van der Waals surface area contributed by atoms with E-state index in [0.29, 0.717) is 19.5 Å². The summed E-state index contributed by atoms with van der Waals surface area (Å²) in [7, 11) is 0. The van der Waals surface area contributed by atoms with Crippen LogP contribution in [0.15, 0.2) is 66.7 Å². The minimum atomic E-state index is 0.0125. The maximum atomic E-state index is 12.7. The molecule has 1 saturated heterocycles. The zero-order valence-electron chi connectivity index (χ0n) is 17.4. The van der Waals surface area contributed by atoms with Crippen LogP contribution in [0.5, 0.6) is 0 Å². The normalized spacial score (nSPS) is 19.4. The van der Waals surface area contributed by atoms with E-state index >= 15 is 0 Å². The average Bonchev–Trinajstić information content (AvgIpc) is 2.80. The third-order valence-corrected chi connectivity index (χ3v) is 5.29. The molecule has 2 aromatic carbocycles. The van der Waals surface area contributed by atoms with Crippen molar-refractivity contribution in [1.29, 1.82) is 0 Å². The first-order valence-corrected chi connectivity index (χ1v) is 10.8. The maximum Gasteiger partial charge on any atom is 0.246 e. The maximum absolute atomic E-state index is 12.7. The lowest BCUT2D eigenvalue weighted by Crippen LogP contribution is -2.34. The molecule has 0 radical (unpaired) electrons. The van der Waals surface area contributed by atoms with Gasteiger partial charge in [-0.1, -0.05) is 60.7 Å². The molecule has 30 heavy (non-hydrogen) atoms. The molecule has 2 N–H and O–H groups in total. The molecular formula is C25H31N3O2. The standard InChI is InChI=1S/C25H31N3O2/c29-24-20-23(22-12-5-2-6-13-22)26-16-7-8-18-28(19-9-17-27-24)25(30)15-14-21-10-3-1-4-11-21/h1-6,10-15,23,26H,7-9,16-20H2,(H,27,29)/b15-14-. The van der Waals surface area contributed by atoms with Crippen molar-refractivity contribution in [3.63, 3.8) is 0 Å². The van der Waals surface area contributed by atoms with Crippen LogP contribution in [0.25, 0.3) is 6.08 Å². The minimum absolute atomic E-state index is 0.0125. The van der Waals surface area contributed by atoms with Crippen molar-refractivity contribution in [1.82, 2.24) is 15.5 Å². The number of carbonyl (C=O) groups is 2. The van der Waals surface area contributed by atoms with E-state index in [1.807, 2.05) is 59.5 Å². The molecule has 1 aliphatic heterocycles. The lowest BCUT2D eigenvalue weighted by Gasteiger charge is -2.21. The Hall–Kier alpha value is -2.92. The molecule has 1 atom stereocenters. The molecule has 0 aromatic heterocycles. The Morgan fingerprint density at radius 2 is 1.60 bits per heavy atom. The first kappa shape index (κ1) is 21.8. The van der Waals surface area contributed by atoms with Gasteiger partial charge in [-0.15, -0.1) is 0 Å². The summed E-state index contributed by atoms with van der Waals surface area (Å²) in [5.74, 6) is 0.0626. The van der Waals surface area contributed by atoms with Gasteiger partial charge in [0.2, 0.25) is 11.8 Å². The monoisotopic (exact) mass is 405 g/mol. The minimum Gasteiger partial charge on any atom is -0.356 e. The molecule has 1 unspecified atom stereocenters. The van der Waals surface area contributed by atoms with Gasteiger partial charge in [0.1, 0.15) is 0 Å². The van der Waals surface area contributed by atoms with Crippen LogP contribution in [0, 0.1) is 0 Å². The van der Waals surface area contributed by atoms with Gasteiger partial charge in [0, 0.05) is 38.2 Å². The molecule has 1 heterocycles. The Labute approximate surface area is 179 Å². The molecular weight excluding hydrogens is 374 g/mol. The third kappa shape index (κ3) is 7.16. The van der Waals surface area contributed by atoms with Gasteiger partial charge in [0.05, 0.1) is 0 Å². The van der Waals surface area contributed by atoms with Crippen LogP contribution < -0.4 is 10.6 Å². The molecule has 2 amide bonds. The van der Waals surface area contributed by atoms with Crippen LogP contribution >= 0.6 is 0 Å². The smallest absolute Gasteiger partial charge is 0.246 e. The van der Waals surface area contributed by atoms with Gasteiger partial charge < -0.3 is 15.5 Å². The molecule has 0 spiro atoms. The highest BCUT2D eigenvalue weighted by atomic mass is 16.2. The lowest BCUT2D eigenvalue weighted by atomic mass is 10.0. The highest BCUT2D eigenvalue weighted by Gasteiger charge is 2.17. The average molecular weight is 406 g/mol. The predicted molar refractivity (Wildman–Crippen MR) is 121 cm³/mol. The van der Waals surface area contributed by atoms with Crippen molar-refractivity contribution in [3.05, 3.63) is 77.9 Å². The Morgan fingerprint density at radius 1 is 0.900 bits per heavy atom. The molecule has 0 saturated carbocycles. The molecule has 5 heteroatoms. The van der Waals surface area contributed by atoms with Crippen LogP contribution in [0.3, 0.4) is 0 Å². The first-order valence-electron chi connectivity index (χ1n) is 10.8. The fourth-order valence-corrected chi connectivity index (χ4v) is 3.62. The van der Waals surface area contributed by atoms with E-state index in [1.165, 1.54) is 0 Å². The first-order chi connectivity index (χ1) is 14.7. The largest absolute Gasteiger partial charge is 0.356 e. The van der Waals surface area contributed by atoms with Gasteiger partial charge in [-0.05, 0) is 43.0 Å². The molecule has 158 valence electrons. The van der Waals surface area contributed by atoms with Gasteiger partial charge in [-0.3, -0.25) is 9.59 Å². The topological polar surface area (TPSA) is 61.4 Å². The van der Waals surface area contributed by atoms with Gasteiger partial charge in [-0.25, -0.2) is 0 Å². The quantitative estimate of drug-likeness (QED) is 0.768. The Bertz CT molecular complexity index is 821. The molecule has 2 aromatic rings. The van der Waals surface area contributed by atoms with E-state index in [0.717, 1.165) is 43.5 Å². The second-order valence-corrected chi connectivity index (χ2v) is 7.60. The van der Waals surface area contributed by atoms with Crippen molar-refractivity contribution in [2.45, 2.75) is 31.7 Å². The van der Waals surface area contributed by atoms with Gasteiger partial charge in [0.15, 0.2) is 0 Å². The third-order valence-electron chi connectivity index (χ3n) is 5.29. The lowest BCUT2D eigenvalue weighted by molar-refractivity contribution is -0.126. The predicted octanol–water partition coefficient (Wildman–Crippen LogP) is 3.55. The van der Waals surface area contributed by atoms with Crippen molar-refractivity contribution >= 4 is 17.9 Å². The number of benzene rings is 2. The van der Waals surface area contributed by atoms with E-state index in [2.05, 4.69) is 22.8 Å². The summed E-state index contributed by atoms with van der Waals surface area (Å²) in [6.07, 6.45) is 6.57. The number of hydrogen-bond donors (Lipinski definition) is 2. The van der Waals surface area contributed by atoms with E-state index < -0.39 is 0 Å². The van der Waals surface area contributed by atoms with Crippen molar-refractivity contribution in [3.8, 4) is 0 Å². The molecule has 1 fully saturated rings. The Kier molecular flexibility index (Phi) is 8.66. The molecule has 0 bridgehead atoms. The fraction of sp³-hybridized carbons (Fsp3) is 0.360. The number of nitrogens with zero attached hydrogens (tertiary/aromatic N) is 1. The van der Waals surface area contributed by atoms with Crippen LogP contribution in [0.2, 0.25) is 0 Å². The summed E-state index contributed by atoms with van der Waals surface area (Å²) < 4.78 is 0. The number of amides is 2. The van der Waals surface area contributed by atoms with E-state index in [4.69, 9.17) is 0 Å². The fourth-order valence-electron chi connectivity index (χ4n) is 3.62. The second kappa shape index (κ2) is 11.9. The molecule has 0 aliphatic carbocycles. The van der Waals surface area contributed by atoms with Crippen molar-refractivity contribution < 1.29 is 9.59 Å². The van der Waals surface area contributed by atoms with E-state index in [-0.39, 0.29) is 17.9 Å². The summed E-state index contributed by atoms with van der Waals surface area (Å²) in [6.45, 7) is 2.76. The van der Waals surface area contributed by atoms with Crippen LogP contribution in [-0.2, 0) is 9.59 Å². The molecule has 1 aliphatic rings. The molecule has 3 rings (SSSR count). The highest BCUT2D eigenvalue weighted by Crippen LogP contribution is 2.17. The van der Waals surface area contributed by atoms with Crippen molar-refractivity contribution in [2.24, 2.45) is 0 Å². The van der Waals surface area contributed by atoms with E-state index in [1.54, 1.807) is 6.08 Å². The zero-order valence-corrected chi connectivity index (χ0v) is 17.4. The van der Waals surface area contributed by atoms with E-state index in [9.17, 15) is 9.59 Å². The highest BCUT2D eigenvalue weighted by molar-refractivity contribution is 5.91. The number of carbonyl (C=O) groups excluding carboxylic acids is 2. The van der Waals surface area contributed by atoms with Crippen LogP contribution in [0.1, 0.15) is 42.9 Å². The summed E-state index contributed by atoms with van der Waals surface area (Å²) in [6, 6.07) is 20.0. The van der Waals surface area contributed by atoms with Crippen molar-refractivity contribution in [2.75, 3.05) is 26.2 Å². The summed E-state index contributed by atoms with van der Waals surface area (Å²) in [4.78, 5) is 27.0. The number of hydrogen-bond acceptors (Lipinski definition) is 3. The van der Waals surface area contributed by atoms with Gasteiger partial charge in [0.25, 0.3) is 0 Å². The molecule has 5 nitrogen and oxygen atoms in total.